The van der Waals surface area contributed by atoms with Gasteiger partial charge < -0.3 is 4.98 Å². The van der Waals surface area contributed by atoms with Crippen molar-refractivity contribution in [2.75, 3.05) is 0 Å². The van der Waals surface area contributed by atoms with Crippen LogP contribution in [0.2, 0.25) is 0 Å². The van der Waals surface area contributed by atoms with Gasteiger partial charge in [0.25, 0.3) is 5.56 Å². The summed E-state index contributed by atoms with van der Waals surface area (Å²) in [4.78, 5) is 34.4. The molecule has 0 atom stereocenters. The van der Waals surface area contributed by atoms with Gasteiger partial charge in [0.2, 0.25) is 0 Å². The second kappa shape index (κ2) is 4.04. The van der Waals surface area contributed by atoms with Gasteiger partial charge in [-0.25, -0.2) is 9.78 Å². The molecule has 2 heterocycles. The molecule has 2 aromatic heterocycles. The maximum atomic E-state index is 11.9. The van der Waals surface area contributed by atoms with E-state index >= 15 is 0 Å². The van der Waals surface area contributed by atoms with Gasteiger partial charge in [0.15, 0.2) is 5.65 Å². The number of aryl methyl sites for hydroxylation is 1. The molecular formula is C12H14N4O2. The molecule has 6 heteroatoms. The lowest BCUT2D eigenvalue weighted by Crippen LogP contribution is -2.27. The molecule has 0 bridgehead atoms. The van der Waals surface area contributed by atoms with Crippen LogP contribution < -0.4 is 11.2 Å². The Labute approximate surface area is 103 Å². The van der Waals surface area contributed by atoms with E-state index in [2.05, 4.69) is 15.0 Å². The third-order valence-electron chi connectivity index (χ3n) is 3.46. The van der Waals surface area contributed by atoms with E-state index in [4.69, 9.17) is 0 Å². The number of aromatic nitrogens is 4. The molecule has 3 rings (SSSR count). The first kappa shape index (κ1) is 11.1. The minimum atomic E-state index is -0.313. The van der Waals surface area contributed by atoms with Gasteiger partial charge in [0.1, 0.15) is 11.2 Å². The van der Waals surface area contributed by atoms with Crippen molar-refractivity contribution < 1.29 is 0 Å². The number of rotatable bonds is 1. The van der Waals surface area contributed by atoms with Crippen molar-refractivity contribution in [3.05, 3.63) is 32.9 Å². The standard InChI is InChI=1S/C12H14N4O2/c1-7-13-10-9(11(17)14-7)6-16(12(18)15-10)8-4-2-3-5-8/h6,8H,2-5H2,1H3,(H,13,14,15,17,18). The van der Waals surface area contributed by atoms with Gasteiger partial charge in [-0.2, -0.15) is 4.98 Å². The monoisotopic (exact) mass is 246 g/mol. The fraction of sp³-hybridized carbons (Fsp3) is 0.500. The van der Waals surface area contributed by atoms with E-state index in [-0.39, 0.29) is 22.9 Å². The molecular weight excluding hydrogens is 232 g/mol. The fourth-order valence-electron chi connectivity index (χ4n) is 2.57. The maximum absolute atomic E-state index is 11.9. The third kappa shape index (κ3) is 1.73. The highest BCUT2D eigenvalue weighted by Crippen LogP contribution is 2.28. The number of nitrogens with zero attached hydrogens (tertiary/aromatic N) is 3. The van der Waals surface area contributed by atoms with Gasteiger partial charge in [-0.15, -0.1) is 0 Å². The van der Waals surface area contributed by atoms with Crippen LogP contribution in [0.3, 0.4) is 0 Å². The van der Waals surface area contributed by atoms with Gasteiger partial charge in [-0.3, -0.25) is 9.36 Å². The van der Waals surface area contributed by atoms with E-state index in [0.717, 1.165) is 25.7 Å². The van der Waals surface area contributed by atoms with Crippen molar-refractivity contribution >= 4 is 11.0 Å². The van der Waals surface area contributed by atoms with E-state index in [0.29, 0.717) is 11.2 Å². The Balaban J connectivity index is 2.26. The van der Waals surface area contributed by atoms with Crippen LogP contribution >= 0.6 is 0 Å². The van der Waals surface area contributed by atoms with E-state index in [9.17, 15) is 9.59 Å². The first-order valence-corrected chi connectivity index (χ1v) is 6.15. The van der Waals surface area contributed by atoms with E-state index in [1.54, 1.807) is 17.7 Å². The average molecular weight is 246 g/mol. The number of nitrogens with one attached hydrogen (secondary N) is 1. The number of hydrogen-bond acceptors (Lipinski definition) is 4. The second-order valence-corrected chi connectivity index (χ2v) is 4.76. The lowest BCUT2D eigenvalue weighted by Gasteiger charge is -2.12. The summed E-state index contributed by atoms with van der Waals surface area (Å²) in [6, 6.07) is 0.176. The largest absolute Gasteiger partial charge is 0.349 e. The van der Waals surface area contributed by atoms with Gasteiger partial charge >= 0.3 is 5.69 Å². The molecule has 2 aromatic rings. The Morgan fingerprint density at radius 2 is 2.00 bits per heavy atom. The van der Waals surface area contributed by atoms with Crippen LogP contribution in [0.1, 0.15) is 37.5 Å². The van der Waals surface area contributed by atoms with Crippen molar-refractivity contribution in [2.45, 2.75) is 38.6 Å². The van der Waals surface area contributed by atoms with Crippen LogP contribution in [0, 0.1) is 6.92 Å². The third-order valence-corrected chi connectivity index (χ3v) is 3.46. The van der Waals surface area contributed by atoms with Crippen LogP contribution in [0.25, 0.3) is 11.0 Å². The molecule has 1 saturated carbocycles. The molecule has 0 radical (unpaired) electrons. The Kier molecular flexibility index (Phi) is 2.50. The normalized spacial score (nSPS) is 16.5. The van der Waals surface area contributed by atoms with Crippen LogP contribution in [0.5, 0.6) is 0 Å². The zero-order chi connectivity index (χ0) is 12.7. The fourth-order valence-corrected chi connectivity index (χ4v) is 2.57. The molecule has 0 saturated heterocycles. The summed E-state index contributed by atoms with van der Waals surface area (Å²) in [7, 11) is 0. The molecule has 1 fully saturated rings. The molecule has 1 N–H and O–H groups in total. The highest BCUT2D eigenvalue weighted by Gasteiger charge is 2.19. The van der Waals surface area contributed by atoms with Crippen molar-refractivity contribution in [2.24, 2.45) is 0 Å². The molecule has 0 aliphatic heterocycles. The molecule has 94 valence electrons. The Hall–Kier alpha value is -1.98. The molecule has 6 nitrogen and oxygen atoms in total. The first-order valence-electron chi connectivity index (χ1n) is 6.15. The van der Waals surface area contributed by atoms with Crippen molar-refractivity contribution in [3.8, 4) is 0 Å². The molecule has 0 aromatic carbocycles. The Morgan fingerprint density at radius 1 is 1.28 bits per heavy atom. The van der Waals surface area contributed by atoms with Crippen molar-refractivity contribution in [3.63, 3.8) is 0 Å². The average Bonchev–Trinajstić information content (AvgIpc) is 2.81. The minimum Gasteiger partial charge on any atom is -0.310 e. The van der Waals surface area contributed by atoms with E-state index in [1.807, 2.05) is 0 Å². The summed E-state index contributed by atoms with van der Waals surface area (Å²) in [6.45, 7) is 1.67. The second-order valence-electron chi connectivity index (χ2n) is 4.76. The van der Waals surface area contributed by atoms with Crippen molar-refractivity contribution in [1.29, 1.82) is 0 Å². The molecule has 0 amide bonds. The number of hydrogen-bond donors (Lipinski definition) is 1. The number of fused-ring (bicyclic) bond motifs is 1. The zero-order valence-corrected chi connectivity index (χ0v) is 10.1. The molecule has 0 spiro atoms. The predicted molar refractivity (Wildman–Crippen MR) is 66.7 cm³/mol. The van der Waals surface area contributed by atoms with Crippen LogP contribution in [-0.4, -0.2) is 19.5 Å². The van der Waals surface area contributed by atoms with Crippen LogP contribution in [0.15, 0.2) is 15.8 Å². The van der Waals surface area contributed by atoms with Crippen molar-refractivity contribution in [1.82, 2.24) is 19.5 Å². The summed E-state index contributed by atoms with van der Waals surface area (Å²) >= 11 is 0. The Bertz CT molecular complexity index is 710. The lowest BCUT2D eigenvalue weighted by molar-refractivity contribution is 0.495. The summed E-state index contributed by atoms with van der Waals surface area (Å²) in [5.74, 6) is 0.470. The van der Waals surface area contributed by atoms with E-state index < -0.39 is 0 Å². The SMILES string of the molecule is Cc1nc2nc(=O)n(C3CCCC3)cc2c(=O)[nH]1. The van der Waals surface area contributed by atoms with Gasteiger partial charge in [0, 0.05) is 12.2 Å². The summed E-state index contributed by atoms with van der Waals surface area (Å²) in [5, 5.41) is 0.382. The number of H-pyrrole nitrogens is 1. The van der Waals surface area contributed by atoms with Gasteiger partial charge in [0.05, 0.1) is 0 Å². The predicted octanol–water partition coefficient (Wildman–Crippen LogP) is 0.903. The summed E-state index contributed by atoms with van der Waals surface area (Å²) in [6.07, 6.45) is 5.80. The molecule has 18 heavy (non-hydrogen) atoms. The highest BCUT2D eigenvalue weighted by atomic mass is 16.1. The van der Waals surface area contributed by atoms with E-state index in [1.165, 1.54) is 0 Å². The van der Waals surface area contributed by atoms with Gasteiger partial charge in [-0.05, 0) is 19.8 Å². The minimum absolute atomic E-state index is 0.176. The topological polar surface area (TPSA) is 80.6 Å². The molecule has 1 aliphatic rings. The number of aromatic amines is 1. The highest BCUT2D eigenvalue weighted by molar-refractivity contribution is 5.71. The Morgan fingerprint density at radius 3 is 2.72 bits per heavy atom. The first-order chi connectivity index (χ1) is 8.65. The quantitative estimate of drug-likeness (QED) is 0.810. The zero-order valence-electron chi connectivity index (χ0n) is 10.1. The summed E-state index contributed by atoms with van der Waals surface area (Å²) < 4.78 is 1.58. The lowest BCUT2D eigenvalue weighted by atomic mass is 10.2. The smallest absolute Gasteiger partial charge is 0.310 e. The summed E-state index contributed by atoms with van der Waals surface area (Å²) in [5.41, 5.74) is -0.320. The molecule has 0 unspecified atom stereocenters. The van der Waals surface area contributed by atoms with Crippen LogP contribution in [0.4, 0.5) is 0 Å². The maximum Gasteiger partial charge on any atom is 0.349 e. The molecule has 1 aliphatic carbocycles. The van der Waals surface area contributed by atoms with Crippen LogP contribution in [-0.2, 0) is 0 Å². The van der Waals surface area contributed by atoms with Gasteiger partial charge in [-0.1, -0.05) is 12.8 Å².